The average Bonchev–Trinajstić information content (AvgIpc) is 2.59. The number of rotatable bonds is 6. The van der Waals surface area contributed by atoms with E-state index in [1.807, 2.05) is 0 Å². The first kappa shape index (κ1) is 12.7. The van der Waals surface area contributed by atoms with Crippen LogP contribution in [0.2, 0.25) is 0 Å². The van der Waals surface area contributed by atoms with Crippen molar-refractivity contribution in [1.29, 1.82) is 0 Å². The van der Waals surface area contributed by atoms with Crippen LogP contribution in [-0.4, -0.2) is 36.2 Å². The van der Waals surface area contributed by atoms with Crippen molar-refractivity contribution in [3.05, 3.63) is 0 Å². The van der Waals surface area contributed by atoms with Gasteiger partial charge in [-0.1, -0.05) is 6.42 Å². The Morgan fingerprint density at radius 3 is 2.38 bits per heavy atom. The summed E-state index contributed by atoms with van der Waals surface area (Å²) >= 11 is 0. The summed E-state index contributed by atoms with van der Waals surface area (Å²) in [5.41, 5.74) is 0. The summed E-state index contributed by atoms with van der Waals surface area (Å²) in [5, 5.41) is 2.55. The van der Waals surface area contributed by atoms with Gasteiger partial charge in [-0.05, 0) is 12.8 Å². The molecule has 1 rings (SSSR count). The van der Waals surface area contributed by atoms with Gasteiger partial charge in [0.25, 0.3) is 0 Å². The smallest absolute Gasteiger partial charge is 0.229 e. The Balaban J connectivity index is 2.09. The molecule has 0 bridgehead atoms. The molecule has 1 fully saturated rings. The van der Waals surface area contributed by atoms with Gasteiger partial charge >= 0.3 is 0 Å². The van der Waals surface area contributed by atoms with Crippen molar-refractivity contribution >= 4 is 17.7 Å². The molecule has 0 saturated carbocycles. The zero-order valence-corrected chi connectivity index (χ0v) is 9.62. The van der Waals surface area contributed by atoms with Gasteiger partial charge in [-0.15, -0.1) is 0 Å². The summed E-state index contributed by atoms with van der Waals surface area (Å²) in [5.74, 6) is -0.0825. The van der Waals surface area contributed by atoms with Gasteiger partial charge in [0.2, 0.25) is 17.7 Å². The molecule has 0 radical (unpaired) electrons. The van der Waals surface area contributed by atoms with Crippen LogP contribution in [0.5, 0.6) is 0 Å². The Hall–Kier alpha value is -1.39. The monoisotopic (exact) mass is 226 g/mol. The van der Waals surface area contributed by atoms with Gasteiger partial charge in [0, 0.05) is 32.9 Å². The lowest BCUT2D eigenvalue weighted by Crippen LogP contribution is -2.30. The second-order valence-electron chi connectivity index (χ2n) is 3.92. The molecule has 0 atom stereocenters. The Labute approximate surface area is 95.2 Å². The first-order chi connectivity index (χ1) is 7.65. The number of unbranched alkanes of at least 4 members (excludes halogenated alkanes) is 2. The van der Waals surface area contributed by atoms with Crippen molar-refractivity contribution in [3.8, 4) is 0 Å². The van der Waals surface area contributed by atoms with Gasteiger partial charge < -0.3 is 5.32 Å². The largest absolute Gasteiger partial charge is 0.359 e. The number of hydrogen-bond donors (Lipinski definition) is 1. The summed E-state index contributed by atoms with van der Waals surface area (Å²) < 4.78 is 0. The van der Waals surface area contributed by atoms with Crippen molar-refractivity contribution in [2.45, 2.75) is 38.5 Å². The molecule has 1 saturated heterocycles. The van der Waals surface area contributed by atoms with E-state index < -0.39 is 0 Å². The second kappa shape index (κ2) is 6.25. The molecule has 90 valence electrons. The van der Waals surface area contributed by atoms with Gasteiger partial charge in [-0.25, -0.2) is 0 Å². The van der Waals surface area contributed by atoms with E-state index in [0.29, 0.717) is 25.8 Å². The first-order valence-electron chi connectivity index (χ1n) is 5.69. The van der Waals surface area contributed by atoms with E-state index in [2.05, 4.69) is 5.32 Å². The third-order valence-electron chi connectivity index (χ3n) is 2.72. The molecule has 16 heavy (non-hydrogen) atoms. The molecule has 5 nitrogen and oxygen atoms in total. The molecule has 0 aliphatic carbocycles. The molecule has 0 spiro atoms. The van der Waals surface area contributed by atoms with Crippen molar-refractivity contribution in [1.82, 2.24) is 10.2 Å². The van der Waals surface area contributed by atoms with Crippen LogP contribution in [0.1, 0.15) is 38.5 Å². The van der Waals surface area contributed by atoms with Gasteiger partial charge in [0.05, 0.1) is 0 Å². The lowest BCUT2D eigenvalue weighted by molar-refractivity contribution is -0.138. The van der Waals surface area contributed by atoms with E-state index in [1.165, 1.54) is 4.90 Å². The Morgan fingerprint density at radius 2 is 1.81 bits per heavy atom. The van der Waals surface area contributed by atoms with E-state index in [9.17, 15) is 14.4 Å². The summed E-state index contributed by atoms with van der Waals surface area (Å²) in [6.45, 7) is 0.505. The number of hydrogen-bond acceptors (Lipinski definition) is 3. The number of imide groups is 1. The van der Waals surface area contributed by atoms with Crippen LogP contribution in [0, 0.1) is 0 Å². The fraction of sp³-hybridized carbons (Fsp3) is 0.727. The standard InChI is InChI=1S/C11H18N2O3/c1-12-9(14)5-3-2-4-8-13-10(15)6-7-11(13)16/h2-8H2,1H3,(H,12,14). The molecule has 1 aliphatic heterocycles. The molecule has 5 heteroatoms. The number of nitrogens with zero attached hydrogens (tertiary/aromatic N) is 1. The molecule has 1 aliphatic rings. The predicted octanol–water partition coefficient (Wildman–Crippen LogP) is 0.442. The maximum atomic E-state index is 11.2. The summed E-state index contributed by atoms with van der Waals surface area (Å²) in [6.07, 6.45) is 3.68. The van der Waals surface area contributed by atoms with Crippen LogP contribution in [0.25, 0.3) is 0 Å². The first-order valence-corrected chi connectivity index (χ1v) is 5.69. The van der Waals surface area contributed by atoms with E-state index in [1.54, 1.807) is 7.05 Å². The molecular formula is C11H18N2O3. The van der Waals surface area contributed by atoms with E-state index in [4.69, 9.17) is 0 Å². The Kier molecular flexibility index (Phi) is 4.95. The quantitative estimate of drug-likeness (QED) is 0.528. The fourth-order valence-electron chi connectivity index (χ4n) is 1.73. The minimum absolute atomic E-state index is 0.0355. The minimum Gasteiger partial charge on any atom is -0.359 e. The SMILES string of the molecule is CNC(=O)CCCCCN1C(=O)CCC1=O. The zero-order chi connectivity index (χ0) is 12.0. The molecule has 0 unspecified atom stereocenters. The molecular weight excluding hydrogens is 208 g/mol. The van der Waals surface area contributed by atoms with Gasteiger partial charge in [0.15, 0.2) is 0 Å². The normalized spacial score (nSPS) is 15.7. The number of likely N-dealkylation sites (tertiary alicyclic amines) is 1. The van der Waals surface area contributed by atoms with Gasteiger partial charge in [0.1, 0.15) is 0 Å². The zero-order valence-electron chi connectivity index (χ0n) is 9.62. The van der Waals surface area contributed by atoms with Gasteiger partial charge in [-0.3, -0.25) is 19.3 Å². The molecule has 0 aromatic heterocycles. The highest BCUT2D eigenvalue weighted by Crippen LogP contribution is 2.13. The molecule has 0 aromatic rings. The number of carbonyl (C=O) groups excluding carboxylic acids is 3. The van der Waals surface area contributed by atoms with Crippen LogP contribution in [0.4, 0.5) is 0 Å². The highest BCUT2D eigenvalue weighted by Gasteiger charge is 2.27. The highest BCUT2D eigenvalue weighted by molar-refractivity contribution is 6.01. The minimum atomic E-state index is -0.0590. The topological polar surface area (TPSA) is 66.5 Å². The molecule has 0 aromatic carbocycles. The lowest BCUT2D eigenvalue weighted by Gasteiger charge is -2.12. The molecule has 3 amide bonds. The van der Waals surface area contributed by atoms with E-state index >= 15 is 0 Å². The third kappa shape index (κ3) is 3.64. The summed E-state index contributed by atoms with van der Waals surface area (Å²) in [7, 11) is 1.61. The van der Waals surface area contributed by atoms with Crippen LogP contribution < -0.4 is 5.32 Å². The van der Waals surface area contributed by atoms with Crippen LogP contribution in [-0.2, 0) is 14.4 Å². The number of nitrogens with one attached hydrogen (secondary N) is 1. The van der Waals surface area contributed by atoms with Crippen LogP contribution in [0.15, 0.2) is 0 Å². The average molecular weight is 226 g/mol. The lowest BCUT2D eigenvalue weighted by atomic mass is 10.2. The maximum absolute atomic E-state index is 11.2. The predicted molar refractivity (Wildman–Crippen MR) is 58.5 cm³/mol. The Morgan fingerprint density at radius 1 is 1.19 bits per heavy atom. The third-order valence-corrected chi connectivity index (χ3v) is 2.72. The number of amides is 3. The van der Waals surface area contributed by atoms with Crippen LogP contribution >= 0.6 is 0 Å². The van der Waals surface area contributed by atoms with E-state index in [-0.39, 0.29) is 17.7 Å². The highest BCUT2D eigenvalue weighted by atomic mass is 16.2. The van der Waals surface area contributed by atoms with E-state index in [0.717, 1.165) is 19.3 Å². The second-order valence-corrected chi connectivity index (χ2v) is 3.92. The maximum Gasteiger partial charge on any atom is 0.229 e. The van der Waals surface area contributed by atoms with Crippen LogP contribution in [0.3, 0.4) is 0 Å². The van der Waals surface area contributed by atoms with Gasteiger partial charge in [-0.2, -0.15) is 0 Å². The fourth-order valence-corrected chi connectivity index (χ4v) is 1.73. The van der Waals surface area contributed by atoms with Crippen molar-refractivity contribution in [3.63, 3.8) is 0 Å². The Bertz CT molecular complexity index is 273. The summed E-state index contributed by atoms with van der Waals surface area (Å²) in [6, 6.07) is 0. The van der Waals surface area contributed by atoms with Crippen molar-refractivity contribution in [2.24, 2.45) is 0 Å². The number of carbonyl (C=O) groups is 3. The molecule has 1 N–H and O–H groups in total. The van der Waals surface area contributed by atoms with Crippen molar-refractivity contribution in [2.75, 3.05) is 13.6 Å². The molecule has 1 heterocycles. The summed E-state index contributed by atoms with van der Waals surface area (Å²) in [4.78, 5) is 34.7. The van der Waals surface area contributed by atoms with Crippen molar-refractivity contribution < 1.29 is 14.4 Å².